The summed E-state index contributed by atoms with van der Waals surface area (Å²) < 4.78 is 13.3. The zero-order valence-corrected chi connectivity index (χ0v) is 11.3. The molecule has 2 rings (SSSR count). The first-order valence-corrected chi connectivity index (χ1v) is 6.25. The van der Waals surface area contributed by atoms with Gasteiger partial charge in [-0.05, 0) is 41.5 Å². The fourth-order valence-corrected chi connectivity index (χ4v) is 3.31. The Labute approximate surface area is 103 Å². The zero-order valence-electron chi connectivity index (χ0n) is 11.3. The second-order valence-electron chi connectivity index (χ2n) is 6.24. The third-order valence-electron chi connectivity index (χ3n) is 4.98. The largest absolute Gasteiger partial charge is 0.313 e. The number of nitrogens with one attached hydrogen (secondary N) is 1. The summed E-state index contributed by atoms with van der Waals surface area (Å²) in [6, 6.07) is 7.17. The van der Waals surface area contributed by atoms with E-state index < -0.39 is 0 Å². The molecule has 17 heavy (non-hydrogen) atoms. The average Bonchev–Trinajstić information content (AvgIpc) is 2.62. The van der Waals surface area contributed by atoms with Crippen LogP contribution in [-0.4, -0.2) is 7.05 Å². The number of hydrogen-bond acceptors (Lipinski definition) is 1. The highest BCUT2D eigenvalue weighted by Crippen LogP contribution is 2.72. The van der Waals surface area contributed by atoms with E-state index >= 15 is 0 Å². The summed E-state index contributed by atoms with van der Waals surface area (Å²) in [6.45, 7) is 9.17. The standard InChI is InChI=1S/C15H22FN/c1-14(2)13(15(14,3)4)12(17-5)10-7-6-8-11(16)9-10/h6-9,12-13,17H,1-5H3. The molecule has 1 aliphatic rings. The lowest BCUT2D eigenvalue weighted by Crippen LogP contribution is -2.21. The Bertz CT molecular complexity index is 409. The Morgan fingerprint density at radius 3 is 2.18 bits per heavy atom. The molecule has 1 fully saturated rings. The highest BCUT2D eigenvalue weighted by atomic mass is 19.1. The number of halogens is 1. The Morgan fingerprint density at radius 1 is 1.18 bits per heavy atom. The SMILES string of the molecule is CNC(c1cccc(F)c1)C1C(C)(C)C1(C)C. The van der Waals surface area contributed by atoms with Crippen LogP contribution in [0.3, 0.4) is 0 Å². The first-order valence-electron chi connectivity index (χ1n) is 6.25. The van der Waals surface area contributed by atoms with Crippen LogP contribution < -0.4 is 5.32 Å². The summed E-state index contributed by atoms with van der Waals surface area (Å²) in [7, 11) is 1.96. The Hall–Kier alpha value is -0.890. The van der Waals surface area contributed by atoms with Gasteiger partial charge in [0.05, 0.1) is 0 Å². The third-order valence-corrected chi connectivity index (χ3v) is 4.98. The van der Waals surface area contributed by atoms with Crippen LogP contribution in [0.15, 0.2) is 24.3 Å². The van der Waals surface area contributed by atoms with Gasteiger partial charge in [-0.25, -0.2) is 4.39 Å². The molecular formula is C15H22FN. The molecule has 0 spiro atoms. The predicted octanol–water partition coefficient (Wildman–Crippen LogP) is 3.77. The maximum atomic E-state index is 13.3. The van der Waals surface area contributed by atoms with Gasteiger partial charge in [-0.2, -0.15) is 0 Å². The molecule has 1 atom stereocenters. The van der Waals surface area contributed by atoms with Gasteiger partial charge < -0.3 is 5.32 Å². The van der Waals surface area contributed by atoms with Gasteiger partial charge in [-0.3, -0.25) is 0 Å². The van der Waals surface area contributed by atoms with Crippen LogP contribution in [0.25, 0.3) is 0 Å². The van der Waals surface area contributed by atoms with Gasteiger partial charge in [0.1, 0.15) is 5.82 Å². The second kappa shape index (κ2) is 3.81. The summed E-state index contributed by atoms with van der Waals surface area (Å²) in [6.07, 6.45) is 0. The van der Waals surface area contributed by atoms with E-state index in [0.29, 0.717) is 16.7 Å². The van der Waals surface area contributed by atoms with Crippen LogP contribution >= 0.6 is 0 Å². The van der Waals surface area contributed by atoms with Gasteiger partial charge in [0.25, 0.3) is 0 Å². The lowest BCUT2D eigenvalue weighted by atomic mass is 9.96. The zero-order chi connectivity index (χ0) is 12.8. The minimum atomic E-state index is -0.154. The Balaban J connectivity index is 2.31. The molecule has 1 aliphatic carbocycles. The van der Waals surface area contributed by atoms with E-state index in [1.807, 2.05) is 13.1 Å². The topological polar surface area (TPSA) is 12.0 Å². The van der Waals surface area contributed by atoms with Crippen molar-refractivity contribution < 1.29 is 4.39 Å². The van der Waals surface area contributed by atoms with Crippen LogP contribution in [0, 0.1) is 22.6 Å². The summed E-state index contributed by atoms with van der Waals surface area (Å²) >= 11 is 0. The van der Waals surface area contributed by atoms with Gasteiger partial charge in [0.15, 0.2) is 0 Å². The van der Waals surface area contributed by atoms with Crippen molar-refractivity contribution in [3.63, 3.8) is 0 Å². The Morgan fingerprint density at radius 2 is 1.76 bits per heavy atom. The quantitative estimate of drug-likeness (QED) is 0.841. The lowest BCUT2D eigenvalue weighted by molar-refractivity contribution is 0.436. The minimum Gasteiger partial charge on any atom is -0.313 e. The first kappa shape index (κ1) is 12.6. The molecule has 0 aliphatic heterocycles. The summed E-state index contributed by atoms with van der Waals surface area (Å²) in [5, 5.41) is 3.35. The number of hydrogen-bond donors (Lipinski definition) is 1. The summed E-state index contributed by atoms with van der Waals surface area (Å²) in [4.78, 5) is 0. The fourth-order valence-electron chi connectivity index (χ4n) is 3.31. The van der Waals surface area contributed by atoms with Crippen molar-refractivity contribution in [3.8, 4) is 0 Å². The van der Waals surface area contributed by atoms with Crippen molar-refractivity contribution >= 4 is 0 Å². The molecule has 1 aromatic carbocycles. The predicted molar refractivity (Wildman–Crippen MR) is 69.3 cm³/mol. The van der Waals surface area contributed by atoms with Crippen molar-refractivity contribution in [1.82, 2.24) is 5.32 Å². The molecule has 1 nitrogen and oxygen atoms in total. The molecule has 0 bridgehead atoms. The van der Waals surface area contributed by atoms with Crippen molar-refractivity contribution in [2.75, 3.05) is 7.05 Å². The molecule has 0 heterocycles. The van der Waals surface area contributed by atoms with Crippen LogP contribution in [0.5, 0.6) is 0 Å². The molecule has 1 aromatic rings. The molecule has 2 heteroatoms. The van der Waals surface area contributed by atoms with Crippen LogP contribution in [0.1, 0.15) is 39.3 Å². The van der Waals surface area contributed by atoms with E-state index in [0.717, 1.165) is 5.56 Å². The smallest absolute Gasteiger partial charge is 0.123 e. The van der Waals surface area contributed by atoms with E-state index in [4.69, 9.17) is 0 Å². The van der Waals surface area contributed by atoms with Gasteiger partial charge in [-0.15, -0.1) is 0 Å². The second-order valence-corrected chi connectivity index (χ2v) is 6.24. The van der Waals surface area contributed by atoms with Crippen molar-refractivity contribution in [1.29, 1.82) is 0 Å². The van der Waals surface area contributed by atoms with Crippen molar-refractivity contribution in [2.24, 2.45) is 16.7 Å². The van der Waals surface area contributed by atoms with E-state index in [9.17, 15) is 4.39 Å². The van der Waals surface area contributed by atoms with Crippen LogP contribution in [0.4, 0.5) is 4.39 Å². The molecule has 0 saturated heterocycles. The van der Waals surface area contributed by atoms with Gasteiger partial charge >= 0.3 is 0 Å². The molecular weight excluding hydrogens is 213 g/mol. The summed E-state index contributed by atoms with van der Waals surface area (Å²) in [5.74, 6) is 0.390. The number of benzene rings is 1. The van der Waals surface area contributed by atoms with Gasteiger partial charge in [0.2, 0.25) is 0 Å². The van der Waals surface area contributed by atoms with E-state index in [1.165, 1.54) is 6.07 Å². The normalized spacial score (nSPS) is 23.4. The number of rotatable bonds is 3. The lowest BCUT2D eigenvalue weighted by Gasteiger charge is -2.19. The third kappa shape index (κ3) is 1.79. The molecule has 94 valence electrons. The van der Waals surface area contributed by atoms with E-state index in [-0.39, 0.29) is 11.9 Å². The fraction of sp³-hybridized carbons (Fsp3) is 0.600. The van der Waals surface area contributed by atoms with Crippen LogP contribution in [0.2, 0.25) is 0 Å². The molecule has 1 N–H and O–H groups in total. The van der Waals surface area contributed by atoms with Crippen LogP contribution in [-0.2, 0) is 0 Å². The molecule has 0 aromatic heterocycles. The molecule has 1 saturated carbocycles. The highest BCUT2D eigenvalue weighted by Gasteiger charge is 2.67. The van der Waals surface area contributed by atoms with E-state index in [1.54, 1.807) is 12.1 Å². The van der Waals surface area contributed by atoms with Gasteiger partial charge in [0, 0.05) is 6.04 Å². The molecule has 0 radical (unpaired) electrons. The molecule has 0 amide bonds. The highest BCUT2D eigenvalue weighted by molar-refractivity contribution is 5.27. The maximum Gasteiger partial charge on any atom is 0.123 e. The maximum absolute atomic E-state index is 13.3. The molecule has 1 unspecified atom stereocenters. The van der Waals surface area contributed by atoms with E-state index in [2.05, 4.69) is 33.0 Å². The monoisotopic (exact) mass is 235 g/mol. The van der Waals surface area contributed by atoms with Crippen molar-refractivity contribution in [3.05, 3.63) is 35.6 Å². The Kier molecular flexibility index (Phi) is 2.81. The average molecular weight is 235 g/mol. The minimum absolute atomic E-state index is 0.154. The first-order chi connectivity index (χ1) is 7.82. The summed E-state index contributed by atoms with van der Waals surface area (Å²) in [5.41, 5.74) is 1.65. The van der Waals surface area contributed by atoms with Gasteiger partial charge in [-0.1, -0.05) is 39.8 Å². The van der Waals surface area contributed by atoms with Crippen molar-refractivity contribution in [2.45, 2.75) is 33.7 Å².